The molecule has 0 amide bonds. The molecule has 3 N–H and O–H groups in total. The van der Waals surface area contributed by atoms with Crippen molar-refractivity contribution in [3.8, 4) is 5.75 Å². The summed E-state index contributed by atoms with van der Waals surface area (Å²) in [5.41, 5.74) is 0.139. The number of nitrogens with one attached hydrogen (secondary N) is 1. The Balaban J connectivity index is 1.86. The fraction of sp³-hybridized carbons (Fsp3) is 0.538. The van der Waals surface area contributed by atoms with Crippen LogP contribution in [0.2, 0.25) is 0 Å². The molecule has 1 saturated heterocycles. The molecule has 0 aromatic heterocycles. The van der Waals surface area contributed by atoms with Crippen molar-refractivity contribution in [2.24, 2.45) is 0 Å². The van der Waals surface area contributed by atoms with Gasteiger partial charge in [-0.15, -0.1) is 0 Å². The summed E-state index contributed by atoms with van der Waals surface area (Å²) < 4.78 is 5.92. The molecule has 1 aliphatic heterocycles. The molecule has 5 heteroatoms. The Hall–Kier alpha value is -0.620. The van der Waals surface area contributed by atoms with Crippen LogP contribution in [0.15, 0.2) is 22.7 Å². The summed E-state index contributed by atoms with van der Waals surface area (Å²) in [7, 11) is 0. The molecule has 100 valence electrons. The van der Waals surface area contributed by atoms with Crippen LogP contribution >= 0.6 is 15.9 Å². The first-order valence-corrected chi connectivity index (χ1v) is 6.87. The molecule has 0 saturated carbocycles. The highest BCUT2D eigenvalue weighted by atomic mass is 79.9. The highest BCUT2D eigenvalue weighted by molar-refractivity contribution is 9.10. The van der Waals surface area contributed by atoms with E-state index in [1.165, 1.54) is 0 Å². The van der Waals surface area contributed by atoms with Crippen molar-refractivity contribution >= 4 is 15.9 Å². The zero-order chi connectivity index (χ0) is 13.0. The van der Waals surface area contributed by atoms with Crippen LogP contribution in [0.1, 0.15) is 18.4 Å². The minimum absolute atomic E-state index is 0.254. The van der Waals surface area contributed by atoms with Gasteiger partial charge in [0.05, 0.1) is 10.1 Å². The smallest absolute Gasteiger partial charge is 0.134 e. The van der Waals surface area contributed by atoms with Crippen LogP contribution in [-0.4, -0.2) is 35.6 Å². The molecule has 0 bridgehead atoms. The maximum atomic E-state index is 10.3. The monoisotopic (exact) mass is 315 g/mol. The predicted molar refractivity (Wildman–Crippen MR) is 72.5 cm³/mol. The standard InChI is InChI=1S/C13H18BrNO3/c14-11-3-1-2-10(12(11)16)8-15-9-13(17)4-6-18-7-5-13/h1-3,15-17H,4-9H2. The van der Waals surface area contributed by atoms with Gasteiger partial charge in [0, 0.05) is 44.7 Å². The second-order valence-corrected chi connectivity index (χ2v) is 5.54. The lowest BCUT2D eigenvalue weighted by atomic mass is 9.94. The molecule has 0 radical (unpaired) electrons. The molecule has 0 atom stereocenters. The van der Waals surface area contributed by atoms with Crippen LogP contribution in [0.4, 0.5) is 0 Å². The van der Waals surface area contributed by atoms with Gasteiger partial charge in [0.2, 0.25) is 0 Å². The van der Waals surface area contributed by atoms with E-state index in [1.807, 2.05) is 12.1 Å². The third kappa shape index (κ3) is 3.45. The predicted octanol–water partition coefficient (Wildman–Crippen LogP) is 1.79. The first-order valence-electron chi connectivity index (χ1n) is 6.08. The highest BCUT2D eigenvalue weighted by Gasteiger charge is 2.29. The molecule has 1 fully saturated rings. The summed E-state index contributed by atoms with van der Waals surface area (Å²) in [5, 5.41) is 23.3. The van der Waals surface area contributed by atoms with Gasteiger partial charge in [-0.05, 0) is 22.0 Å². The molecule has 0 spiro atoms. The Labute approximate surface area is 115 Å². The molecular formula is C13H18BrNO3. The van der Waals surface area contributed by atoms with E-state index < -0.39 is 5.60 Å². The van der Waals surface area contributed by atoms with Crippen LogP contribution in [0, 0.1) is 0 Å². The van der Waals surface area contributed by atoms with Gasteiger partial charge in [0.1, 0.15) is 5.75 Å². The van der Waals surface area contributed by atoms with Crippen molar-refractivity contribution in [2.75, 3.05) is 19.8 Å². The maximum Gasteiger partial charge on any atom is 0.134 e. The fourth-order valence-electron chi connectivity index (χ4n) is 2.06. The third-order valence-corrected chi connectivity index (χ3v) is 3.90. The Morgan fingerprint density at radius 1 is 1.33 bits per heavy atom. The van der Waals surface area contributed by atoms with E-state index in [4.69, 9.17) is 4.74 Å². The molecule has 4 nitrogen and oxygen atoms in total. The molecule has 1 aromatic carbocycles. The fourth-order valence-corrected chi connectivity index (χ4v) is 2.47. The second kappa shape index (κ2) is 6.02. The largest absolute Gasteiger partial charge is 0.506 e. The third-order valence-electron chi connectivity index (χ3n) is 3.26. The maximum absolute atomic E-state index is 10.3. The second-order valence-electron chi connectivity index (χ2n) is 4.69. The van der Waals surface area contributed by atoms with Gasteiger partial charge in [-0.3, -0.25) is 0 Å². The van der Waals surface area contributed by atoms with E-state index in [-0.39, 0.29) is 5.75 Å². The zero-order valence-corrected chi connectivity index (χ0v) is 11.7. The highest BCUT2D eigenvalue weighted by Crippen LogP contribution is 2.27. The van der Waals surface area contributed by atoms with Gasteiger partial charge in [-0.2, -0.15) is 0 Å². The topological polar surface area (TPSA) is 61.7 Å². The van der Waals surface area contributed by atoms with E-state index in [1.54, 1.807) is 6.07 Å². The molecule has 1 aliphatic rings. The number of rotatable bonds is 4. The molecule has 1 heterocycles. The van der Waals surface area contributed by atoms with Crippen LogP contribution < -0.4 is 5.32 Å². The molecule has 0 unspecified atom stereocenters. The summed E-state index contributed by atoms with van der Waals surface area (Å²) in [6.07, 6.45) is 1.31. The normalized spacial score (nSPS) is 18.8. The minimum Gasteiger partial charge on any atom is -0.506 e. The van der Waals surface area contributed by atoms with Crippen LogP contribution in [0.25, 0.3) is 0 Å². The quantitative estimate of drug-likeness (QED) is 0.792. The van der Waals surface area contributed by atoms with E-state index in [9.17, 15) is 10.2 Å². The van der Waals surface area contributed by atoms with Gasteiger partial charge >= 0.3 is 0 Å². The summed E-state index contributed by atoms with van der Waals surface area (Å²) in [6.45, 7) is 2.28. The Morgan fingerprint density at radius 3 is 2.78 bits per heavy atom. The van der Waals surface area contributed by atoms with Gasteiger partial charge in [0.15, 0.2) is 0 Å². The van der Waals surface area contributed by atoms with Crippen molar-refractivity contribution in [2.45, 2.75) is 25.0 Å². The summed E-state index contributed by atoms with van der Waals surface area (Å²) in [4.78, 5) is 0. The first-order chi connectivity index (χ1) is 8.61. The number of hydrogen-bond donors (Lipinski definition) is 3. The number of para-hydroxylation sites is 1. The molecular weight excluding hydrogens is 298 g/mol. The number of benzene rings is 1. The average Bonchev–Trinajstić information content (AvgIpc) is 2.35. The van der Waals surface area contributed by atoms with Gasteiger partial charge in [-0.1, -0.05) is 12.1 Å². The number of phenolic OH excluding ortho intramolecular Hbond substituents is 1. The molecule has 2 rings (SSSR count). The lowest BCUT2D eigenvalue weighted by Gasteiger charge is -2.32. The SMILES string of the molecule is Oc1c(Br)cccc1CNCC1(O)CCOCC1. The lowest BCUT2D eigenvalue weighted by molar-refractivity contribution is -0.0617. The molecule has 1 aromatic rings. The van der Waals surface area contributed by atoms with E-state index >= 15 is 0 Å². The number of halogens is 1. The van der Waals surface area contributed by atoms with Crippen molar-refractivity contribution in [1.82, 2.24) is 5.32 Å². The van der Waals surface area contributed by atoms with Crippen molar-refractivity contribution in [3.63, 3.8) is 0 Å². The van der Waals surface area contributed by atoms with Crippen molar-refractivity contribution in [1.29, 1.82) is 0 Å². The van der Waals surface area contributed by atoms with Crippen LogP contribution in [0.5, 0.6) is 5.75 Å². The van der Waals surface area contributed by atoms with Crippen molar-refractivity contribution in [3.05, 3.63) is 28.2 Å². The van der Waals surface area contributed by atoms with E-state index in [0.29, 0.717) is 43.6 Å². The lowest BCUT2D eigenvalue weighted by Crippen LogP contribution is -2.44. The Kier molecular flexibility index (Phi) is 4.61. The number of hydrogen-bond acceptors (Lipinski definition) is 4. The Morgan fingerprint density at radius 2 is 2.06 bits per heavy atom. The molecule has 18 heavy (non-hydrogen) atoms. The Bertz CT molecular complexity index is 405. The minimum atomic E-state index is -0.681. The van der Waals surface area contributed by atoms with Gasteiger partial charge in [-0.25, -0.2) is 0 Å². The number of aliphatic hydroxyl groups is 1. The summed E-state index contributed by atoms with van der Waals surface area (Å²) in [6, 6.07) is 5.54. The van der Waals surface area contributed by atoms with Crippen LogP contribution in [0.3, 0.4) is 0 Å². The number of phenols is 1. The number of aromatic hydroxyl groups is 1. The number of ether oxygens (including phenoxy) is 1. The first kappa shape index (κ1) is 13.8. The van der Waals surface area contributed by atoms with Crippen LogP contribution in [-0.2, 0) is 11.3 Å². The van der Waals surface area contributed by atoms with Crippen molar-refractivity contribution < 1.29 is 14.9 Å². The van der Waals surface area contributed by atoms with Gasteiger partial charge in [0.25, 0.3) is 0 Å². The van der Waals surface area contributed by atoms with E-state index in [0.717, 1.165) is 5.56 Å². The zero-order valence-electron chi connectivity index (χ0n) is 10.2. The van der Waals surface area contributed by atoms with E-state index in [2.05, 4.69) is 21.2 Å². The molecule has 0 aliphatic carbocycles. The average molecular weight is 316 g/mol. The summed E-state index contributed by atoms with van der Waals surface area (Å²) in [5.74, 6) is 0.254. The summed E-state index contributed by atoms with van der Waals surface area (Å²) >= 11 is 3.28. The van der Waals surface area contributed by atoms with Gasteiger partial charge < -0.3 is 20.3 Å².